The number of aromatic nitrogens is 2. The van der Waals surface area contributed by atoms with Crippen LogP contribution in [0, 0.1) is 11.3 Å². The van der Waals surface area contributed by atoms with Crippen LogP contribution in [0.1, 0.15) is 22.4 Å². The number of fused-ring (bicyclic) bond motifs is 1. The minimum Gasteiger partial charge on any atom is -0.383 e. The van der Waals surface area contributed by atoms with Gasteiger partial charge in [-0.2, -0.15) is 10.4 Å². The van der Waals surface area contributed by atoms with E-state index in [2.05, 4.69) is 35.4 Å². The van der Waals surface area contributed by atoms with Crippen molar-refractivity contribution in [1.29, 1.82) is 5.26 Å². The van der Waals surface area contributed by atoms with Crippen LogP contribution < -0.4 is 5.73 Å². The fraction of sp³-hybridized carbons (Fsp3) is 0.0909. The van der Waals surface area contributed by atoms with Crippen molar-refractivity contribution in [3.8, 4) is 6.07 Å². The van der Waals surface area contributed by atoms with Crippen molar-refractivity contribution in [2.75, 3.05) is 5.73 Å². The van der Waals surface area contributed by atoms with Gasteiger partial charge < -0.3 is 5.73 Å². The van der Waals surface area contributed by atoms with E-state index >= 15 is 0 Å². The Morgan fingerprint density at radius 1 is 0.923 bits per heavy atom. The van der Waals surface area contributed by atoms with E-state index in [0.717, 1.165) is 16.8 Å². The summed E-state index contributed by atoms with van der Waals surface area (Å²) in [6.07, 6.45) is 0.594. The molecule has 4 heteroatoms. The van der Waals surface area contributed by atoms with Crippen molar-refractivity contribution >= 4 is 16.6 Å². The summed E-state index contributed by atoms with van der Waals surface area (Å²) in [7, 11) is 0. The Bertz CT molecular complexity index is 1100. The van der Waals surface area contributed by atoms with E-state index < -0.39 is 0 Å². The summed E-state index contributed by atoms with van der Waals surface area (Å²) in [5.74, 6) is 0.423. The lowest BCUT2D eigenvalue weighted by Gasteiger charge is -2.08. The maximum absolute atomic E-state index is 9.55. The molecule has 0 saturated carbocycles. The molecular weight excluding hydrogens is 320 g/mol. The molecule has 0 amide bonds. The molecule has 2 N–H and O–H groups in total. The first-order chi connectivity index (χ1) is 12.8. The highest BCUT2D eigenvalue weighted by atomic mass is 15.3. The zero-order valence-corrected chi connectivity index (χ0v) is 14.3. The minimum atomic E-state index is 0.423. The highest BCUT2D eigenvalue weighted by Crippen LogP contribution is 2.23. The predicted octanol–water partition coefficient (Wildman–Crippen LogP) is 4.13. The molecule has 0 atom stereocenters. The number of nitriles is 1. The van der Waals surface area contributed by atoms with Gasteiger partial charge in [-0.1, -0.05) is 72.8 Å². The van der Waals surface area contributed by atoms with Gasteiger partial charge in [0.15, 0.2) is 0 Å². The SMILES string of the molecule is N#Cc1c(Cc2ccccc2)nn(Cc2cccc3ccccc23)c1N. The van der Waals surface area contributed by atoms with Gasteiger partial charge in [-0.25, -0.2) is 4.68 Å². The average Bonchev–Trinajstić information content (AvgIpc) is 2.97. The Kier molecular flexibility index (Phi) is 4.12. The molecule has 4 rings (SSSR count). The lowest BCUT2D eigenvalue weighted by atomic mass is 10.0. The first-order valence-corrected chi connectivity index (χ1v) is 8.52. The molecule has 4 aromatic rings. The number of rotatable bonds is 4. The van der Waals surface area contributed by atoms with Gasteiger partial charge >= 0.3 is 0 Å². The number of nitrogen functional groups attached to an aromatic ring is 1. The second-order valence-electron chi connectivity index (χ2n) is 6.28. The number of anilines is 1. The van der Waals surface area contributed by atoms with Crippen molar-refractivity contribution < 1.29 is 0 Å². The largest absolute Gasteiger partial charge is 0.383 e. The van der Waals surface area contributed by atoms with Crippen LogP contribution >= 0.6 is 0 Å². The Labute approximate surface area is 152 Å². The third kappa shape index (κ3) is 2.91. The summed E-state index contributed by atoms with van der Waals surface area (Å²) in [6, 6.07) is 26.7. The molecule has 0 bridgehead atoms. The van der Waals surface area contributed by atoms with Crippen LogP contribution in [0.25, 0.3) is 10.8 Å². The van der Waals surface area contributed by atoms with Crippen LogP contribution in [-0.4, -0.2) is 9.78 Å². The Hall–Kier alpha value is -3.58. The predicted molar refractivity (Wildman–Crippen MR) is 104 cm³/mol. The molecule has 0 aliphatic heterocycles. The molecule has 0 aliphatic carbocycles. The molecule has 0 aliphatic rings. The normalized spacial score (nSPS) is 10.7. The van der Waals surface area contributed by atoms with Crippen LogP contribution in [0.15, 0.2) is 72.8 Å². The molecule has 4 nitrogen and oxygen atoms in total. The quantitative estimate of drug-likeness (QED) is 0.608. The number of hydrogen-bond donors (Lipinski definition) is 1. The molecule has 0 radical (unpaired) electrons. The fourth-order valence-electron chi connectivity index (χ4n) is 3.27. The van der Waals surface area contributed by atoms with Crippen LogP contribution in [0.2, 0.25) is 0 Å². The Morgan fingerprint density at radius 3 is 2.46 bits per heavy atom. The van der Waals surface area contributed by atoms with Crippen molar-refractivity contribution in [1.82, 2.24) is 9.78 Å². The van der Waals surface area contributed by atoms with Gasteiger partial charge in [-0.3, -0.25) is 0 Å². The minimum absolute atomic E-state index is 0.423. The zero-order valence-electron chi connectivity index (χ0n) is 14.3. The molecular formula is C22H18N4. The van der Waals surface area contributed by atoms with E-state index in [0.29, 0.717) is 24.3 Å². The van der Waals surface area contributed by atoms with Gasteiger partial charge in [0.2, 0.25) is 0 Å². The third-order valence-electron chi connectivity index (χ3n) is 4.59. The van der Waals surface area contributed by atoms with Crippen molar-refractivity contribution in [3.05, 3.63) is 95.2 Å². The third-order valence-corrected chi connectivity index (χ3v) is 4.59. The topological polar surface area (TPSA) is 67.6 Å². The van der Waals surface area contributed by atoms with Gasteiger partial charge in [0, 0.05) is 6.42 Å². The van der Waals surface area contributed by atoms with E-state index in [1.54, 1.807) is 4.68 Å². The molecule has 126 valence electrons. The van der Waals surface area contributed by atoms with Crippen LogP contribution in [0.4, 0.5) is 5.82 Å². The van der Waals surface area contributed by atoms with Gasteiger partial charge in [0.1, 0.15) is 17.5 Å². The lowest BCUT2D eigenvalue weighted by Crippen LogP contribution is -2.07. The average molecular weight is 338 g/mol. The first-order valence-electron chi connectivity index (χ1n) is 8.52. The maximum atomic E-state index is 9.55. The molecule has 0 unspecified atom stereocenters. The van der Waals surface area contributed by atoms with Crippen molar-refractivity contribution in [2.24, 2.45) is 0 Å². The molecule has 1 aromatic heterocycles. The molecule has 3 aromatic carbocycles. The summed E-state index contributed by atoms with van der Waals surface area (Å²) in [6.45, 7) is 0.538. The van der Waals surface area contributed by atoms with E-state index in [1.807, 2.05) is 48.5 Å². The van der Waals surface area contributed by atoms with E-state index in [1.165, 1.54) is 10.8 Å². The Morgan fingerprint density at radius 2 is 1.65 bits per heavy atom. The smallest absolute Gasteiger partial charge is 0.140 e. The molecule has 0 spiro atoms. The highest BCUT2D eigenvalue weighted by molar-refractivity contribution is 5.85. The van der Waals surface area contributed by atoms with Crippen molar-refractivity contribution in [2.45, 2.75) is 13.0 Å². The van der Waals surface area contributed by atoms with Gasteiger partial charge in [-0.15, -0.1) is 0 Å². The molecule has 1 heterocycles. The van der Waals surface area contributed by atoms with Gasteiger partial charge in [0.05, 0.1) is 12.2 Å². The second kappa shape index (κ2) is 6.73. The number of benzene rings is 3. The van der Waals surface area contributed by atoms with E-state index in [4.69, 9.17) is 5.73 Å². The van der Waals surface area contributed by atoms with E-state index in [9.17, 15) is 5.26 Å². The molecule has 0 saturated heterocycles. The number of nitrogens with zero attached hydrogens (tertiary/aromatic N) is 3. The Balaban J connectivity index is 1.72. The second-order valence-corrected chi connectivity index (χ2v) is 6.28. The van der Waals surface area contributed by atoms with Crippen LogP contribution in [0.5, 0.6) is 0 Å². The fourth-order valence-corrected chi connectivity index (χ4v) is 3.27. The number of nitrogens with two attached hydrogens (primary N) is 1. The molecule has 0 fully saturated rings. The van der Waals surface area contributed by atoms with Crippen molar-refractivity contribution in [3.63, 3.8) is 0 Å². The van der Waals surface area contributed by atoms with Crippen LogP contribution in [-0.2, 0) is 13.0 Å². The number of hydrogen-bond acceptors (Lipinski definition) is 3. The first kappa shape index (κ1) is 15.9. The summed E-state index contributed by atoms with van der Waals surface area (Å²) in [4.78, 5) is 0. The van der Waals surface area contributed by atoms with Gasteiger partial charge in [0.25, 0.3) is 0 Å². The summed E-state index contributed by atoms with van der Waals surface area (Å²) < 4.78 is 1.73. The van der Waals surface area contributed by atoms with Crippen LogP contribution in [0.3, 0.4) is 0 Å². The standard InChI is InChI=1S/C22H18N4/c23-14-20-21(13-16-7-2-1-3-8-16)25-26(22(20)24)15-18-11-6-10-17-9-4-5-12-19(17)18/h1-12H,13,15,24H2. The highest BCUT2D eigenvalue weighted by Gasteiger charge is 2.16. The zero-order chi connectivity index (χ0) is 17.9. The van der Waals surface area contributed by atoms with Gasteiger partial charge in [-0.05, 0) is 21.9 Å². The monoisotopic (exact) mass is 338 g/mol. The van der Waals surface area contributed by atoms with E-state index in [-0.39, 0.29) is 0 Å². The lowest BCUT2D eigenvalue weighted by molar-refractivity contribution is 0.688. The summed E-state index contributed by atoms with van der Waals surface area (Å²) in [5, 5.41) is 16.5. The maximum Gasteiger partial charge on any atom is 0.140 e. The summed E-state index contributed by atoms with van der Waals surface area (Å²) >= 11 is 0. The summed E-state index contributed by atoms with van der Waals surface area (Å²) in [5.41, 5.74) is 9.67. The molecule has 26 heavy (non-hydrogen) atoms.